The third-order valence-electron chi connectivity index (χ3n) is 7.16. The molecule has 3 aliphatic heterocycles. The van der Waals surface area contributed by atoms with Gasteiger partial charge in [0.1, 0.15) is 6.29 Å². The van der Waals surface area contributed by atoms with Crippen LogP contribution in [-0.4, -0.2) is 74.4 Å². The zero-order valence-corrected chi connectivity index (χ0v) is 18.7. The van der Waals surface area contributed by atoms with Crippen molar-refractivity contribution in [3.8, 4) is 0 Å². The highest BCUT2D eigenvalue weighted by atomic mass is 16.5. The SMILES string of the molecule is O=Cc1ccc(N2CCC(O)CC2CN2CCc3ccccc3C2)c(N2CCOCC2)c1. The lowest BCUT2D eigenvalue weighted by molar-refractivity contribution is 0.112. The number of carbonyl (C=O) groups excluding carboxylic acids is 1. The molecule has 0 spiro atoms. The van der Waals surface area contributed by atoms with E-state index >= 15 is 0 Å². The van der Waals surface area contributed by atoms with Crippen LogP contribution in [0.5, 0.6) is 0 Å². The van der Waals surface area contributed by atoms with E-state index in [1.54, 1.807) is 0 Å². The number of hydrogen-bond donors (Lipinski definition) is 1. The van der Waals surface area contributed by atoms with Crippen molar-refractivity contribution in [2.24, 2.45) is 0 Å². The highest BCUT2D eigenvalue weighted by molar-refractivity contribution is 5.83. The first kappa shape index (κ1) is 21.4. The molecule has 2 unspecified atom stereocenters. The Hall–Kier alpha value is -2.41. The van der Waals surface area contributed by atoms with Gasteiger partial charge in [-0.3, -0.25) is 9.69 Å². The van der Waals surface area contributed by atoms with Crippen molar-refractivity contribution in [2.45, 2.75) is 38.0 Å². The fraction of sp³-hybridized carbons (Fsp3) is 0.500. The van der Waals surface area contributed by atoms with E-state index < -0.39 is 0 Å². The van der Waals surface area contributed by atoms with E-state index in [2.05, 4.69) is 45.0 Å². The van der Waals surface area contributed by atoms with Gasteiger partial charge in [0.05, 0.1) is 30.7 Å². The van der Waals surface area contributed by atoms with Crippen LogP contribution in [0.1, 0.15) is 34.3 Å². The molecule has 3 aliphatic rings. The van der Waals surface area contributed by atoms with Crippen LogP contribution in [0.4, 0.5) is 11.4 Å². The van der Waals surface area contributed by atoms with Crippen molar-refractivity contribution >= 4 is 17.7 Å². The third-order valence-corrected chi connectivity index (χ3v) is 7.16. The standard InChI is InChI=1S/C26H33N3O3/c30-19-20-5-6-25(26(15-20)28-11-13-32-14-12-28)29-10-8-24(31)16-23(29)18-27-9-7-21-3-1-2-4-22(21)17-27/h1-6,15,19,23-24,31H,7-14,16-18H2. The van der Waals surface area contributed by atoms with E-state index in [9.17, 15) is 9.90 Å². The molecule has 0 aromatic heterocycles. The molecule has 6 nitrogen and oxygen atoms in total. The minimum Gasteiger partial charge on any atom is -0.393 e. The topological polar surface area (TPSA) is 56.3 Å². The maximum Gasteiger partial charge on any atom is 0.150 e. The lowest BCUT2D eigenvalue weighted by atomic mass is 9.95. The fourth-order valence-electron chi connectivity index (χ4n) is 5.44. The monoisotopic (exact) mass is 435 g/mol. The Bertz CT molecular complexity index is 944. The van der Waals surface area contributed by atoms with Gasteiger partial charge >= 0.3 is 0 Å². The number of ether oxygens (including phenoxy) is 1. The van der Waals surface area contributed by atoms with Crippen LogP contribution in [0, 0.1) is 0 Å². The first-order valence-electron chi connectivity index (χ1n) is 11.9. The van der Waals surface area contributed by atoms with Gasteiger partial charge in [0.15, 0.2) is 0 Å². The van der Waals surface area contributed by atoms with Crippen LogP contribution in [-0.2, 0) is 17.7 Å². The number of rotatable bonds is 5. The first-order valence-corrected chi connectivity index (χ1v) is 11.9. The maximum absolute atomic E-state index is 11.5. The molecule has 3 heterocycles. The van der Waals surface area contributed by atoms with Crippen LogP contribution < -0.4 is 9.80 Å². The lowest BCUT2D eigenvalue weighted by Crippen LogP contribution is -2.51. The van der Waals surface area contributed by atoms with Crippen LogP contribution in [0.2, 0.25) is 0 Å². The molecule has 32 heavy (non-hydrogen) atoms. The number of carbonyl (C=O) groups is 1. The summed E-state index contributed by atoms with van der Waals surface area (Å²) in [5.74, 6) is 0. The Morgan fingerprint density at radius 2 is 1.81 bits per heavy atom. The van der Waals surface area contributed by atoms with Crippen LogP contribution in [0.3, 0.4) is 0 Å². The summed E-state index contributed by atoms with van der Waals surface area (Å²) in [4.78, 5) is 18.9. The molecule has 1 N–H and O–H groups in total. The molecule has 2 aromatic rings. The average Bonchev–Trinajstić information content (AvgIpc) is 2.84. The van der Waals surface area contributed by atoms with Crippen LogP contribution in [0.25, 0.3) is 0 Å². The van der Waals surface area contributed by atoms with Gasteiger partial charge in [-0.05, 0) is 48.6 Å². The maximum atomic E-state index is 11.5. The van der Waals surface area contributed by atoms with Crippen LogP contribution in [0.15, 0.2) is 42.5 Å². The molecule has 0 amide bonds. The predicted molar refractivity (Wildman–Crippen MR) is 127 cm³/mol. The van der Waals surface area contributed by atoms with E-state index in [4.69, 9.17) is 4.74 Å². The minimum absolute atomic E-state index is 0.242. The Kier molecular flexibility index (Phi) is 6.44. The molecule has 2 atom stereocenters. The van der Waals surface area contributed by atoms with Gasteiger partial charge in [0, 0.05) is 50.9 Å². The number of aldehydes is 1. The van der Waals surface area contributed by atoms with E-state index in [1.807, 2.05) is 12.1 Å². The first-order chi connectivity index (χ1) is 15.7. The van der Waals surface area contributed by atoms with Crippen molar-refractivity contribution in [1.82, 2.24) is 4.90 Å². The van der Waals surface area contributed by atoms with Crippen molar-refractivity contribution in [1.29, 1.82) is 0 Å². The molecular formula is C26H33N3O3. The highest BCUT2D eigenvalue weighted by Crippen LogP contribution is 2.36. The number of aliphatic hydroxyl groups excluding tert-OH is 1. The van der Waals surface area contributed by atoms with Crippen molar-refractivity contribution < 1.29 is 14.6 Å². The molecule has 2 saturated heterocycles. The normalized spacial score (nSPS) is 24.3. The van der Waals surface area contributed by atoms with Crippen molar-refractivity contribution in [3.05, 3.63) is 59.2 Å². The molecule has 0 radical (unpaired) electrons. The van der Waals surface area contributed by atoms with Gasteiger partial charge < -0.3 is 19.6 Å². The van der Waals surface area contributed by atoms with Gasteiger partial charge in [0.2, 0.25) is 0 Å². The highest BCUT2D eigenvalue weighted by Gasteiger charge is 2.32. The smallest absolute Gasteiger partial charge is 0.150 e. The van der Waals surface area contributed by atoms with E-state index in [1.165, 1.54) is 16.8 Å². The number of benzene rings is 2. The number of hydrogen-bond acceptors (Lipinski definition) is 6. The second-order valence-corrected chi connectivity index (χ2v) is 9.24. The third kappa shape index (κ3) is 4.53. The summed E-state index contributed by atoms with van der Waals surface area (Å²) in [5, 5.41) is 10.5. The molecule has 2 fully saturated rings. The number of aliphatic hydroxyl groups is 1. The number of fused-ring (bicyclic) bond motifs is 1. The summed E-state index contributed by atoms with van der Waals surface area (Å²) in [6, 6.07) is 15.0. The van der Waals surface area contributed by atoms with Crippen LogP contribution >= 0.6 is 0 Å². The Labute approximate surface area is 190 Å². The predicted octanol–water partition coefficient (Wildman–Crippen LogP) is 2.72. The molecule has 6 heteroatoms. The van der Waals surface area contributed by atoms with Crippen molar-refractivity contribution in [2.75, 3.05) is 55.7 Å². The summed E-state index contributed by atoms with van der Waals surface area (Å²) < 4.78 is 5.56. The summed E-state index contributed by atoms with van der Waals surface area (Å²) in [5.41, 5.74) is 5.88. The molecule has 2 aromatic carbocycles. The fourth-order valence-corrected chi connectivity index (χ4v) is 5.44. The largest absolute Gasteiger partial charge is 0.393 e. The Morgan fingerprint density at radius 3 is 2.62 bits per heavy atom. The van der Waals surface area contributed by atoms with E-state index in [0.717, 1.165) is 70.5 Å². The Balaban J connectivity index is 1.41. The zero-order valence-electron chi connectivity index (χ0n) is 18.7. The van der Waals surface area contributed by atoms with Gasteiger partial charge in [-0.15, -0.1) is 0 Å². The Morgan fingerprint density at radius 1 is 1.00 bits per heavy atom. The second kappa shape index (κ2) is 9.61. The number of morpholine rings is 1. The molecular weight excluding hydrogens is 402 g/mol. The summed E-state index contributed by atoms with van der Waals surface area (Å²) >= 11 is 0. The van der Waals surface area contributed by atoms with E-state index in [-0.39, 0.29) is 12.1 Å². The van der Waals surface area contributed by atoms with Gasteiger partial charge in [-0.1, -0.05) is 24.3 Å². The van der Waals surface area contributed by atoms with Gasteiger partial charge in [0.25, 0.3) is 0 Å². The molecule has 0 aliphatic carbocycles. The van der Waals surface area contributed by atoms with Gasteiger partial charge in [-0.2, -0.15) is 0 Å². The average molecular weight is 436 g/mol. The zero-order chi connectivity index (χ0) is 21.9. The minimum atomic E-state index is -0.255. The molecule has 5 rings (SSSR count). The lowest BCUT2D eigenvalue weighted by Gasteiger charge is -2.44. The molecule has 0 bridgehead atoms. The molecule has 170 valence electrons. The molecule has 0 saturated carbocycles. The van der Waals surface area contributed by atoms with E-state index in [0.29, 0.717) is 18.8 Å². The summed E-state index contributed by atoms with van der Waals surface area (Å²) in [6.45, 7) is 6.87. The van der Waals surface area contributed by atoms with Crippen molar-refractivity contribution in [3.63, 3.8) is 0 Å². The summed E-state index contributed by atoms with van der Waals surface area (Å²) in [6.07, 6.45) is 3.30. The number of piperidine rings is 1. The quantitative estimate of drug-likeness (QED) is 0.729. The summed E-state index contributed by atoms with van der Waals surface area (Å²) in [7, 11) is 0. The number of anilines is 2. The van der Waals surface area contributed by atoms with Gasteiger partial charge in [-0.25, -0.2) is 0 Å². The number of nitrogens with zero attached hydrogens (tertiary/aromatic N) is 3. The second-order valence-electron chi connectivity index (χ2n) is 9.24.